The summed E-state index contributed by atoms with van der Waals surface area (Å²) in [5, 5.41) is 3.17. The Morgan fingerprint density at radius 2 is 2.33 bits per heavy atom. The van der Waals surface area contributed by atoms with Gasteiger partial charge in [-0.1, -0.05) is 6.58 Å². The molecule has 0 aliphatic carbocycles. The van der Waals surface area contributed by atoms with Crippen molar-refractivity contribution in [1.29, 1.82) is 0 Å². The molecule has 6 nitrogen and oxygen atoms in total. The molecule has 3 aromatic rings. The maximum absolute atomic E-state index is 5.25. The Hall–Kier alpha value is -2.63. The molecule has 3 aromatic heterocycles. The summed E-state index contributed by atoms with van der Waals surface area (Å²) in [4.78, 5) is 12.6. The molecule has 0 amide bonds. The number of aromatic nitrogens is 4. The SMILES string of the molecule is C=Cn1cnc2c(NCc3ccco3)ncnc21. The van der Waals surface area contributed by atoms with Gasteiger partial charge in [-0.2, -0.15) is 0 Å². The number of imidazole rings is 1. The first-order valence-electron chi connectivity index (χ1n) is 5.45. The second-order valence-electron chi connectivity index (χ2n) is 3.66. The second-order valence-corrected chi connectivity index (χ2v) is 3.66. The zero-order valence-corrected chi connectivity index (χ0v) is 9.58. The van der Waals surface area contributed by atoms with Gasteiger partial charge in [0.2, 0.25) is 0 Å². The van der Waals surface area contributed by atoms with Gasteiger partial charge in [0.25, 0.3) is 0 Å². The summed E-state index contributed by atoms with van der Waals surface area (Å²) < 4.78 is 6.99. The van der Waals surface area contributed by atoms with Crippen LogP contribution in [0.2, 0.25) is 0 Å². The summed E-state index contributed by atoms with van der Waals surface area (Å²) in [6.45, 7) is 4.25. The Labute approximate surface area is 103 Å². The Morgan fingerprint density at radius 1 is 1.39 bits per heavy atom. The second kappa shape index (κ2) is 4.33. The Balaban J connectivity index is 1.92. The van der Waals surface area contributed by atoms with E-state index in [1.807, 2.05) is 12.1 Å². The van der Waals surface area contributed by atoms with Gasteiger partial charge in [0, 0.05) is 6.20 Å². The molecule has 18 heavy (non-hydrogen) atoms. The first-order valence-corrected chi connectivity index (χ1v) is 5.45. The van der Waals surface area contributed by atoms with Crippen LogP contribution in [0.1, 0.15) is 5.76 Å². The quantitative estimate of drug-likeness (QED) is 0.757. The van der Waals surface area contributed by atoms with Crippen LogP contribution in [0.5, 0.6) is 0 Å². The summed E-state index contributed by atoms with van der Waals surface area (Å²) in [6, 6.07) is 3.74. The molecule has 0 atom stereocenters. The van der Waals surface area contributed by atoms with Gasteiger partial charge in [-0.05, 0) is 12.1 Å². The van der Waals surface area contributed by atoms with E-state index in [0.29, 0.717) is 17.9 Å². The van der Waals surface area contributed by atoms with E-state index < -0.39 is 0 Å². The van der Waals surface area contributed by atoms with Gasteiger partial charge in [-0.15, -0.1) is 0 Å². The van der Waals surface area contributed by atoms with Crippen molar-refractivity contribution >= 4 is 23.2 Å². The number of rotatable bonds is 4. The smallest absolute Gasteiger partial charge is 0.169 e. The number of furan rings is 1. The standard InChI is InChI=1S/C12H11N5O/c1-2-17-8-16-10-11(14-7-15-12(10)17)13-6-9-4-3-5-18-9/h2-5,7-8H,1,6H2,(H,13,14,15). The Bertz CT molecular complexity index is 671. The molecule has 0 aromatic carbocycles. The Morgan fingerprint density at radius 3 is 3.11 bits per heavy atom. The van der Waals surface area contributed by atoms with Crippen molar-refractivity contribution in [3.05, 3.63) is 43.4 Å². The van der Waals surface area contributed by atoms with Crippen LogP contribution in [0.25, 0.3) is 17.4 Å². The molecule has 0 spiro atoms. The molecule has 90 valence electrons. The van der Waals surface area contributed by atoms with E-state index in [0.717, 1.165) is 11.4 Å². The van der Waals surface area contributed by atoms with Crippen molar-refractivity contribution in [2.24, 2.45) is 0 Å². The third kappa shape index (κ3) is 1.73. The van der Waals surface area contributed by atoms with Crippen LogP contribution in [0.15, 0.2) is 42.0 Å². The topological polar surface area (TPSA) is 68.8 Å². The highest BCUT2D eigenvalue weighted by molar-refractivity contribution is 5.83. The lowest BCUT2D eigenvalue weighted by molar-refractivity contribution is 0.518. The predicted molar refractivity (Wildman–Crippen MR) is 67.7 cm³/mol. The number of fused-ring (bicyclic) bond motifs is 1. The number of nitrogens with zero attached hydrogens (tertiary/aromatic N) is 4. The first-order chi connectivity index (χ1) is 8.88. The zero-order chi connectivity index (χ0) is 12.4. The average Bonchev–Trinajstić information content (AvgIpc) is 3.05. The molecule has 0 saturated heterocycles. The van der Waals surface area contributed by atoms with Gasteiger partial charge in [0.15, 0.2) is 17.0 Å². The Kier molecular flexibility index (Phi) is 2.53. The van der Waals surface area contributed by atoms with Crippen LogP contribution in [0.3, 0.4) is 0 Å². The summed E-state index contributed by atoms with van der Waals surface area (Å²) in [5.41, 5.74) is 1.44. The fraction of sp³-hybridized carbons (Fsp3) is 0.0833. The highest BCUT2D eigenvalue weighted by Gasteiger charge is 2.08. The van der Waals surface area contributed by atoms with Crippen LogP contribution < -0.4 is 5.32 Å². The van der Waals surface area contributed by atoms with E-state index in [1.165, 1.54) is 6.33 Å². The molecule has 0 saturated carbocycles. The molecule has 6 heteroatoms. The molecule has 1 N–H and O–H groups in total. The van der Waals surface area contributed by atoms with Crippen molar-refractivity contribution in [2.75, 3.05) is 5.32 Å². The van der Waals surface area contributed by atoms with Crippen molar-refractivity contribution in [3.8, 4) is 0 Å². The lowest BCUT2D eigenvalue weighted by Crippen LogP contribution is -2.02. The van der Waals surface area contributed by atoms with Gasteiger partial charge in [-0.3, -0.25) is 4.57 Å². The molecule has 0 unspecified atom stereocenters. The van der Waals surface area contributed by atoms with E-state index in [-0.39, 0.29) is 0 Å². The van der Waals surface area contributed by atoms with E-state index in [2.05, 4.69) is 26.8 Å². The number of hydrogen-bond acceptors (Lipinski definition) is 5. The molecule has 0 fully saturated rings. The molecule has 0 aliphatic heterocycles. The lowest BCUT2D eigenvalue weighted by Gasteiger charge is -2.03. The summed E-state index contributed by atoms with van der Waals surface area (Å²) in [6.07, 6.45) is 6.44. The van der Waals surface area contributed by atoms with Gasteiger partial charge >= 0.3 is 0 Å². The fourth-order valence-electron chi connectivity index (χ4n) is 1.70. The fourth-order valence-corrected chi connectivity index (χ4v) is 1.70. The third-order valence-corrected chi connectivity index (χ3v) is 2.57. The summed E-state index contributed by atoms with van der Waals surface area (Å²) >= 11 is 0. The van der Waals surface area contributed by atoms with E-state index in [9.17, 15) is 0 Å². The maximum Gasteiger partial charge on any atom is 0.169 e. The molecule has 3 heterocycles. The number of nitrogens with one attached hydrogen (secondary N) is 1. The van der Waals surface area contributed by atoms with Gasteiger partial charge in [0.05, 0.1) is 12.8 Å². The van der Waals surface area contributed by atoms with Crippen LogP contribution in [-0.4, -0.2) is 19.5 Å². The van der Waals surface area contributed by atoms with Gasteiger partial charge in [0.1, 0.15) is 18.4 Å². The van der Waals surface area contributed by atoms with Crippen molar-refractivity contribution in [2.45, 2.75) is 6.54 Å². The summed E-state index contributed by atoms with van der Waals surface area (Å²) in [7, 11) is 0. The lowest BCUT2D eigenvalue weighted by atomic mass is 10.4. The molecule has 0 radical (unpaired) electrons. The van der Waals surface area contributed by atoms with Crippen LogP contribution >= 0.6 is 0 Å². The van der Waals surface area contributed by atoms with Crippen molar-refractivity contribution < 1.29 is 4.42 Å². The molecule has 0 aliphatic rings. The minimum atomic E-state index is 0.556. The van der Waals surface area contributed by atoms with E-state index >= 15 is 0 Å². The average molecular weight is 241 g/mol. The molecule has 3 rings (SSSR count). The molecular weight excluding hydrogens is 230 g/mol. The van der Waals surface area contributed by atoms with Crippen LogP contribution in [-0.2, 0) is 6.54 Å². The van der Waals surface area contributed by atoms with Gasteiger partial charge < -0.3 is 9.73 Å². The van der Waals surface area contributed by atoms with Crippen molar-refractivity contribution in [1.82, 2.24) is 19.5 Å². The van der Waals surface area contributed by atoms with Crippen LogP contribution in [0.4, 0.5) is 5.82 Å². The highest BCUT2D eigenvalue weighted by atomic mass is 16.3. The predicted octanol–water partition coefficient (Wildman–Crippen LogP) is 2.13. The maximum atomic E-state index is 5.25. The third-order valence-electron chi connectivity index (χ3n) is 2.57. The van der Waals surface area contributed by atoms with Crippen LogP contribution in [0, 0.1) is 0 Å². The molecular formula is C12H11N5O. The largest absolute Gasteiger partial charge is 0.467 e. The normalized spacial score (nSPS) is 10.7. The van der Waals surface area contributed by atoms with E-state index in [1.54, 1.807) is 23.4 Å². The first kappa shape index (κ1) is 10.5. The highest BCUT2D eigenvalue weighted by Crippen LogP contribution is 2.18. The summed E-state index contributed by atoms with van der Waals surface area (Å²) in [5.74, 6) is 1.52. The minimum Gasteiger partial charge on any atom is -0.467 e. The molecule has 0 bridgehead atoms. The van der Waals surface area contributed by atoms with Crippen molar-refractivity contribution in [3.63, 3.8) is 0 Å². The number of hydrogen-bond donors (Lipinski definition) is 1. The monoisotopic (exact) mass is 241 g/mol. The van der Waals surface area contributed by atoms with Gasteiger partial charge in [-0.25, -0.2) is 15.0 Å². The number of anilines is 1. The van der Waals surface area contributed by atoms with E-state index in [4.69, 9.17) is 4.42 Å². The minimum absolute atomic E-state index is 0.556. The zero-order valence-electron chi connectivity index (χ0n) is 9.58.